The number of oxime groups is 1. The molecule has 2 N–H and O–H groups in total. The Morgan fingerprint density at radius 2 is 2.35 bits per heavy atom. The van der Waals surface area contributed by atoms with Gasteiger partial charge in [-0.1, -0.05) is 24.4 Å². The van der Waals surface area contributed by atoms with Crippen LogP contribution in [0.3, 0.4) is 0 Å². The summed E-state index contributed by atoms with van der Waals surface area (Å²) in [5, 5.41) is 22.7. The summed E-state index contributed by atoms with van der Waals surface area (Å²) < 4.78 is 10.7. The summed E-state index contributed by atoms with van der Waals surface area (Å²) in [5.74, 6) is 2.40. The first kappa shape index (κ1) is 16.9. The highest BCUT2D eigenvalue weighted by Gasteiger charge is 2.30. The molecule has 1 aliphatic heterocycles. The number of hydrogen-bond donors (Lipinski definition) is 2. The highest BCUT2D eigenvalue weighted by Crippen LogP contribution is 2.16. The standard InChI is InChI=1S/C14H23NO5/c1-3-5-6-18-9-12(17)10-19-14(8-16)13-7-11(4-2)15-20-13/h2,12-14,16-17H,3,5-10H2,1H3/t12-,13+,14-/m1/s1. The minimum Gasteiger partial charge on any atom is -0.394 e. The lowest BCUT2D eigenvalue weighted by molar-refractivity contribution is -0.108. The van der Waals surface area contributed by atoms with E-state index in [1.807, 2.05) is 0 Å². The second kappa shape index (κ2) is 9.72. The van der Waals surface area contributed by atoms with Crippen molar-refractivity contribution in [3.05, 3.63) is 0 Å². The van der Waals surface area contributed by atoms with Gasteiger partial charge >= 0.3 is 0 Å². The number of aliphatic hydroxyl groups is 2. The molecular formula is C14H23NO5. The summed E-state index contributed by atoms with van der Waals surface area (Å²) >= 11 is 0. The fraction of sp³-hybridized carbons (Fsp3) is 0.786. The molecule has 3 atom stereocenters. The van der Waals surface area contributed by atoms with Crippen LogP contribution in [0.1, 0.15) is 26.2 Å². The van der Waals surface area contributed by atoms with Gasteiger partial charge in [-0.15, -0.1) is 6.42 Å². The molecule has 0 saturated carbocycles. The molecular weight excluding hydrogens is 262 g/mol. The van der Waals surface area contributed by atoms with Gasteiger partial charge in [0.2, 0.25) is 0 Å². The molecule has 0 spiro atoms. The molecule has 0 aliphatic carbocycles. The van der Waals surface area contributed by atoms with E-state index in [1.165, 1.54) is 0 Å². The van der Waals surface area contributed by atoms with Crippen LogP contribution in [0.15, 0.2) is 5.16 Å². The second-order valence-electron chi connectivity index (χ2n) is 4.67. The van der Waals surface area contributed by atoms with Gasteiger partial charge in [-0.25, -0.2) is 0 Å². The molecule has 20 heavy (non-hydrogen) atoms. The number of ether oxygens (including phenoxy) is 2. The lowest BCUT2D eigenvalue weighted by Crippen LogP contribution is -2.36. The van der Waals surface area contributed by atoms with Gasteiger partial charge < -0.3 is 24.5 Å². The van der Waals surface area contributed by atoms with Crippen LogP contribution < -0.4 is 0 Å². The summed E-state index contributed by atoms with van der Waals surface area (Å²) in [5.41, 5.74) is 0.500. The predicted octanol–water partition coefficient (Wildman–Crippen LogP) is 0.320. The molecule has 0 aromatic heterocycles. The molecule has 114 valence electrons. The topological polar surface area (TPSA) is 80.5 Å². The van der Waals surface area contributed by atoms with Gasteiger partial charge in [-0.2, -0.15) is 0 Å². The van der Waals surface area contributed by atoms with Gasteiger partial charge in [-0.05, 0) is 6.42 Å². The SMILES string of the molecule is C#CC1=NO[C@H]([C@@H](CO)OC[C@H](O)COCCCC)C1. The zero-order valence-corrected chi connectivity index (χ0v) is 11.8. The molecule has 0 radical (unpaired) electrons. The third kappa shape index (κ3) is 5.88. The zero-order chi connectivity index (χ0) is 14.8. The van der Waals surface area contributed by atoms with Crippen molar-refractivity contribution in [1.29, 1.82) is 0 Å². The van der Waals surface area contributed by atoms with E-state index in [4.69, 9.17) is 20.7 Å². The van der Waals surface area contributed by atoms with Gasteiger partial charge in [0.1, 0.15) is 17.9 Å². The van der Waals surface area contributed by atoms with E-state index < -0.39 is 18.3 Å². The first-order valence-electron chi connectivity index (χ1n) is 6.88. The van der Waals surface area contributed by atoms with E-state index in [-0.39, 0.29) is 19.8 Å². The highest BCUT2D eigenvalue weighted by molar-refractivity contribution is 6.00. The molecule has 6 heteroatoms. The predicted molar refractivity (Wildman–Crippen MR) is 74.3 cm³/mol. The summed E-state index contributed by atoms with van der Waals surface area (Å²) in [6.45, 7) is 2.77. The summed E-state index contributed by atoms with van der Waals surface area (Å²) in [6, 6.07) is 0. The lowest BCUT2D eigenvalue weighted by atomic mass is 10.1. The normalized spacial score (nSPS) is 20.9. The summed E-state index contributed by atoms with van der Waals surface area (Å²) in [7, 11) is 0. The zero-order valence-electron chi connectivity index (χ0n) is 11.8. The Morgan fingerprint density at radius 3 is 2.95 bits per heavy atom. The Labute approximate surface area is 119 Å². The van der Waals surface area contributed by atoms with E-state index in [9.17, 15) is 10.2 Å². The number of rotatable bonds is 10. The molecule has 0 saturated heterocycles. The third-order valence-electron chi connectivity index (χ3n) is 2.91. The van der Waals surface area contributed by atoms with E-state index in [0.29, 0.717) is 18.7 Å². The molecule has 1 aliphatic rings. The van der Waals surface area contributed by atoms with Crippen LogP contribution in [0.5, 0.6) is 0 Å². The Bertz CT molecular complexity index is 339. The highest BCUT2D eigenvalue weighted by atomic mass is 16.7. The molecule has 0 fully saturated rings. The average Bonchev–Trinajstić information content (AvgIpc) is 2.93. The largest absolute Gasteiger partial charge is 0.394 e. The van der Waals surface area contributed by atoms with Crippen LogP contribution in [-0.2, 0) is 14.3 Å². The number of nitrogens with zero attached hydrogens (tertiary/aromatic N) is 1. The van der Waals surface area contributed by atoms with Crippen molar-refractivity contribution in [3.8, 4) is 12.3 Å². The molecule has 1 heterocycles. The fourth-order valence-corrected chi connectivity index (χ4v) is 1.71. The molecule has 0 amide bonds. The van der Waals surface area contributed by atoms with E-state index >= 15 is 0 Å². The molecule has 0 bridgehead atoms. The number of terminal acetylenes is 1. The fourth-order valence-electron chi connectivity index (χ4n) is 1.71. The van der Waals surface area contributed by atoms with Crippen molar-refractivity contribution in [1.82, 2.24) is 0 Å². The molecule has 0 aromatic carbocycles. The summed E-state index contributed by atoms with van der Waals surface area (Å²) in [6.07, 6.45) is 5.98. The number of unbranched alkanes of at least 4 members (excludes halogenated alkanes) is 1. The minimum absolute atomic E-state index is 0.0720. The van der Waals surface area contributed by atoms with Gasteiger partial charge in [0, 0.05) is 13.0 Å². The molecule has 6 nitrogen and oxygen atoms in total. The second-order valence-corrected chi connectivity index (χ2v) is 4.67. The Balaban J connectivity index is 2.20. The first-order chi connectivity index (χ1) is 9.71. The maximum absolute atomic E-state index is 9.70. The smallest absolute Gasteiger partial charge is 0.162 e. The van der Waals surface area contributed by atoms with Crippen LogP contribution in [0.25, 0.3) is 0 Å². The van der Waals surface area contributed by atoms with Crippen LogP contribution in [0.2, 0.25) is 0 Å². The van der Waals surface area contributed by atoms with Crippen LogP contribution in [0, 0.1) is 12.3 Å². The van der Waals surface area contributed by atoms with Gasteiger partial charge in [0.05, 0.1) is 19.8 Å². The van der Waals surface area contributed by atoms with E-state index in [2.05, 4.69) is 18.0 Å². The monoisotopic (exact) mass is 285 g/mol. The maximum atomic E-state index is 9.70. The van der Waals surface area contributed by atoms with Crippen molar-refractivity contribution >= 4 is 5.71 Å². The van der Waals surface area contributed by atoms with Gasteiger partial charge in [0.25, 0.3) is 0 Å². The van der Waals surface area contributed by atoms with Crippen molar-refractivity contribution in [2.45, 2.75) is 44.5 Å². The van der Waals surface area contributed by atoms with E-state index in [1.54, 1.807) is 0 Å². The number of hydrogen-bond acceptors (Lipinski definition) is 6. The Morgan fingerprint density at radius 1 is 1.55 bits per heavy atom. The maximum Gasteiger partial charge on any atom is 0.162 e. The van der Waals surface area contributed by atoms with Crippen molar-refractivity contribution < 1.29 is 24.5 Å². The van der Waals surface area contributed by atoms with Crippen molar-refractivity contribution in [2.75, 3.05) is 26.4 Å². The van der Waals surface area contributed by atoms with Crippen molar-refractivity contribution in [3.63, 3.8) is 0 Å². The van der Waals surface area contributed by atoms with Crippen LogP contribution >= 0.6 is 0 Å². The average molecular weight is 285 g/mol. The minimum atomic E-state index is -0.727. The first-order valence-corrected chi connectivity index (χ1v) is 6.88. The van der Waals surface area contributed by atoms with Crippen LogP contribution in [-0.4, -0.2) is 60.7 Å². The van der Waals surface area contributed by atoms with E-state index in [0.717, 1.165) is 12.8 Å². The van der Waals surface area contributed by atoms with Gasteiger partial charge in [0.15, 0.2) is 6.10 Å². The van der Waals surface area contributed by atoms with Crippen LogP contribution in [0.4, 0.5) is 0 Å². The quantitative estimate of drug-likeness (QED) is 0.446. The molecule has 0 unspecified atom stereocenters. The van der Waals surface area contributed by atoms with Gasteiger partial charge in [-0.3, -0.25) is 0 Å². The lowest BCUT2D eigenvalue weighted by Gasteiger charge is -2.21. The van der Waals surface area contributed by atoms with Crippen molar-refractivity contribution in [2.24, 2.45) is 5.16 Å². The Hall–Kier alpha value is -1.13. The molecule has 0 aromatic rings. The Kier molecular flexibility index (Phi) is 8.23. The molecule has 1 rings (SSSR count). The number of aliphatic hydroxyl groups excluding tert-OH is 2. The third-order valence-corrected chi connectivity index (χ3v) is 2.91. The summed E-state index contributed by atoms with van der Waals surface area (Å²) in [4.78, 5) is 5.10.